The van der Waals surface area contributed by atoms with E-state index in [2.05, 4.69) is 15.8 Å². The van der Waals surface area contributed by atoms with Gasteiger partial charge in [0.25, 0.3) is 0 Å². The van der Waals surface area contributed by atoms with Gasteiger partial charge >= 0.3 is 6.03 Å². The van der Waals surface area contributed by atoms with E-state index in [1.54, 1.807) is 11.8 Å². The maximum atomic E-state index is 11.8. The van der Waals surface area contributed by atoms with Crippen LogP contribution in [0.15, 0.2) is 33.7 Å². The highest BCUT2D eigenvalue weighted by atomic mass is 32.2. The molecule has 0 atom stereocenters. The van der Waals surface area contributed by atoms with Crippen LogP contribution in [0.3, 0.4) is 0 Å². The van der Waals surface area contributed by atoms with Crippen molar-refractivity contribution < 1.29 is 9.32 Å². The van der Waals surface area contributed by atoms with Crippen molar-refractivity contribution in [2.75, 3.05) is 16.9 Å². The fourth-order valence-electron chi connectivity index (χ4n) is 1.50. The molecule has 1 aromatic carbocycles. The Bertz CT molecular complexity index is 595. The molecule has 2 N–H and O–H groups in total. The van der Waals surface area contributed by atoms with E-state index in [-0.39, 0.29) is 6.03 Å². The van der Waals surface area contributed by atoms with E-state index in [9.17, 15) is 4.79 Å². The van der Waals surface area contributed by atoms with Crippen LogP contribution >= 0.6 is 11.8 Å². The van der Waals surface area contributed by atoms with E-state index in [1.807, 2.05) is 44.4 Å². The van der Waals surface area contributed by atoms with E-state index in [1.165, 1.54) is 0 Å². The summed E-state index contributed by atoms with van der Waals surface area (Å²) in [5, 5.41) is 9.16. The number of carbonyl (C=O) groups is 1. The number of carbonyl (C=O) groups excluding carboxylic acids is 1. The Balaban J connectivity index is 2.03. The summed E-state index contributed by atoms with van der Waals surface area (Å²) >= 11 is 1.62. The van der Waals surface area contributed by atoms with Crippen molar-refractivity contribution in [3.63, 3.8) is 0 Å². The SMILES string of the molecule is CSc1cccc(NC(=O)Nc2onc(C)c2C)c1. The molecule has 0 radical (unpaired) electrons. The van der Waals surface area contributed by atoms with Crippen LogP contribution in [0.5, 0.6) is 0 Å². The lowest BCUT2D eigenvalue weighted by Crippen LogP contribution is -2.19. The van der Waals surface area contributed by atoms with Gasteiger partial charge in [0.15, 0.2) is 0 Å². The average molecular weight is 277 g/mol. The third-order valence-electron chi connectivity index (χ3n) is 2.71. The summed E-state index contributed by atoms with van der Waals surface area (Å²) in [7, 11) is 0. The molecule has 19 heavy (non-hydrogen) atoms. The minimum absolute atomic E-state index is 0.350. The number of aryl methyl sites for hydroxylation is 1. The summed E-state index contributed by atoms with van der Waals surface area (Å²) in [5.41, 5.74) is 2.32. The molecule has 2 amide bonds. The van der Waals surface area contributed by atoms with Crippen LogP contribution < -0.4 is 10.6 Å². The number of urea groups is 1. The molecule has 1 aromatic heterocycles. The fourth-order valence-corrected chi connectivity index (χ4v) is 1.96. The number of benzene rings is 1. The van der Waals surface area contributed by atoms with E-state index < -0.39 is 0 Å². The zero-order valence-corrected chi connectivity index (χ0v) is 11.8. The molecular weight excluding hydrogens is 262 g/mol. The molecule has 0 saturated carbocycles. The first kappa shape index (κ1) is 13.5. The van der Waals surface area contributed by atoms with Crippen molar-refractivity contribution in [1.29, 1.82) is 0 Å². The Labute approximate surface area is 115 Å². The van der Waals surface area contributed by atoms with Crippen molar-refractivity contribution in [3.8, 4) is 0 Å². The molecule has 2 aromatic rings. The third kappa shape index (κ3) is 3.29. The first-order valence-corrected chi connectivity index (χ1v) is 6.97. The van der Waals surface area contributed by atoms with E-state index in [0.717, 1.165) is 21.8 Å². The maximum Gasteiger partial charge on any atom is 0.326 e. The van der Waals surface area contributed by atoms with Crippen LogP contribution in [-0.4, -0.2) is 17.4 Å². The summed E-state index contributed by atoms with van der Waals surface area (Å²) < 4.78 is 5.02. The number of anilines is 2. The highest BCUT2D eigenvalue weighted by Gasteiger charge is 2.11. The predicted molar refractivity (Wildman–Crippen MR) is 76.8 cm³/mol. The quantitative estimate of drug-likeness (QED) is 0.840. The Morgan fingerprint density at radius 2 is 2.11 bits per heavy atom. The van der Waals surface area contributed by atoms with Crippen LogP contribution in [0.1, 0.15) is 11.3 Å². The van der Waals surface area contributed by atoms with Gasteiger partial charge in [0.2, 0.25) is 5.88 Å². The lowest BCUT2D eigenvalue weighted by atomic mass is 10.3. The number of amides is 2. The van der Waals surface area contributed by atoms with Crippen LogP contribution in [-0.2, 0) is 0 Å². The van der Waals surface area contributed by atoms with Gasteiger partial charge < -0.3 is 9.84 Å². The lowest BCUT2D eigenvalue weighted by molar-refractivity contribution is 0.261. The first-order chi connectivity index (χ1) is 9.10. The Kier molecular flexibility index (Phi) is 4.11. The molecular formula is C13H15N3O2S. The van der Waals surface area contributed by atoms with Crippen molar-refractivity contribution in [3.05, 3.63) is 35.5 Å². The van der Waals surface area contributed by atoms with Gasteiger partial charge in [-0.2, -0.15) is 0 Å². The van der Waals surface area contributed by atoms with Crippen LogP contribution in [0.2, 0.25) is 0 Å². The number of nitrogens with zero attached hydrogens (tertiary/aromatic N) is 1. The number of hydrogen-bond acceptors (Lipinski definition) is 4. The van der Waals surface area contributed by atoms with Gasteiger partial charge in [-0.1, -0.05) is 11.2 Å². The van der Waals surface area contributed by atoms with Crippen molar-refractivity contribution >= 4 is 29.4 Å². The summed E-state index contributed by atoms with van der Waals surface area (Å²) in [5.74, 6) is 0.371. The van der Waals surface area contributed by atoms with Crippen LogP contribution in [0, 0.1) is 13.8 Å². The molecule has 6 heteroatoms. The highest BCUT2D eigenvalue weighted by Crippen LogP contribution is 2.20. The zero-order chi connectivity index (χ0) is 13.8. The van der Waals surface area contributed by atoms with Gasteiger partial charge in [-0.25, -0.2) is 4.79 Å². The Hall–Kier alpha value is -1.95. The minimum Gasteiger partial charge on any atom is -0.338 e. The summed E-state index contributed by atoms with van der Waals surface area (Å²) in [6.45, 7) is 3.67. The average Bonchev–Trinajstić information content (AvgIpc) is 2.71. The van der Waals surface area contributed by atoms with Gasteiger partial charge in [0.1, 0.15) is 0 Å². The van der Waals surface area contributed by atoms with E-state index in [4.69, 9.17) is 4.52 Å². The molecule has 5 nitrogen and oxygen atoms in total. The molecule has 100 valence electrons. The van der Waals surface area contributed by atoms with Gasteiger partial charge in [0, 0.05) is 16.1 Å². The maximum absolute atomic E-state index is 11.8. The van der Waals surface area contributed by atoms with Crippen LogP contribution in [0.4, 0.5) is 16.4 Å². The van der Waals surface area contributed by atoms with Gasteiger partial charge in [0.05, 0.1) is 5.69 Å². The normalized spacial score (nSPS) is 10.3. The zero-order valence-electron chi connectivity index (χ0n) is 11.0. The number of hydrogen-bond donors (Lipinski definition) is 2. The number of thioether (sulfide) groups is 1. The monoisotopic (exact) mass is 277 g/mol. The van der Waals surface area contributed by atoms with Gasteiger partial charge in [-0.15, -0.1) is 11.8 Å². The largest absolute Gasteiger partial charge is 0.338 e. The first-order valence-electron chi connectivity index (χ1n) is 5.75. The highest BCUT2D eigenvalue weighted by molar-refractivity contribution is 7.98. The van der Waals surface area contributed by atoms with E-state index >= 15 is 0 Å². The smallest absolute Gasteiger partial charge is 0.326 e. The summed E-state index contributed by atoms with van der Waals surface area (Å²) in [6.07, 6.45) is 1.99. The molecule has 0 aliphatic rings. The van der Waals surface area contributed by atoms with Gasteiger partial charge in [-0.3, -0.25) is 5.32 Å². The van der Waals surface area contributed by atoms with Crippen LogP contribution in [0.25, 0.3) is 0 Å². The van der Waals surface area contributed by atoms with Crippen molar-refractivity contribution in [2.45, 2.75) is 18.7 Å². The Morgan fingerprint density at radius 1 is 1.32 bits per heavy atom. The number of aromatic nitrogens is 1. The standard InChI is InChI=1S/C13H15N3O2S/c1-8-9(2)16-18-12(8)15-13(17)14-10-5-4-6-11(7-10)19-3/h4-7H,1-3H3,(H2,14,15,17). The molecule has 0 fully saturated rings. The summed E-state index contributed by atoms with van der Waals surface area (Å²) in [4.78, 5) is 12.9. The Morgan fingerprint density at radius 3 is 2.74 bits per heavy atom. The molecule has 2 rings (SSSR count). The topological polar surface area (TPSA) is 67.2 Å². The van der Waals surface area contributed by atoms with E-state index in [0.29, 0.717) is 5.88 Å². The molecule has 0 bridgehead atoms. The third-order valence-corrected chi connectivity index (χ3v) is 3.44. The van der Waals surface area contributed by atoms with Crippen molar-refractivity contribution in [1.82, 2.24) is 5.16 Å². The summed E-state index contributed by atoms with van der Waals surface area (Å²) in [6, 6.07) is 7.27. The lowest BCUT2D eigenvalue weighted by Gasteiger charge is -2.06. The molecule has 1 heterocycles. The second-order valence-corrected chi connectivity index (χ2v) is 4.91. The molecule has 0 spiro atoms. The second kappa shape index (κ2) is 5.79. The molecule has 0 unspecified atom stereocenters. The van der Waals surface area contributed by atoms with Crippen molar-refractivity contribution in [2.24, 2.45) is 0 Å². The predicted octanol–water partition coefficient (Wildman–Crippen LogP) is 3.66. The molecule has 0 aliphatic carbocycles. The number of rotatable bonds is 3. The minimum atomic E-state index is -0.350. The number of nitrogens with one attached hydrogen (secondary N) is 2. The second-order valence-electron chi connectivity index (χ2n) is 4.03. The molecule has 0 aliphatic heterocycles. The van der Waals surface area contributed by atoms with Gasteiger partial charge in [-0.05, 0) is 38.3 Å². The molecule has 0 saturated heterocycles. The fraction of sp³-hybridized carbons (Fsp3) is 0.231.